The Morgan fingerprint density at radius 3 is 2.87 bits per heavy atom. The molecular formula is C16H20Cl2N2O3. The third-order valence-electron chi connectivity index (χ3n) is 3.94. The summed E-state index contributed by atoms with van der Waals surface area (Å²) < 4.78 is 0. The number of nitrogens with one attached hydrogen (secondary N) is 1. The molecule has 1 heterocycles. The van der Waals surface area contributed by atoms with Gasteiger partial charge in [-0.25, -0.2) is 0 Å². The molecule has 0 spiro atoms. The summed E-state index contributed by atoms with van der Waals surface area (Å²) in [6, 6.07) is 4.92. The van der Waals surface area contributed by atoms with Gasteiger partial charge >= 0.3 is 5.97 Å². The van der Waals surface area contributed by atoms with Gasteiger partial charge in [-0.2, -0.15) is 0 Å². The third kappa shape index (κ3) is 6.01. The summed E-state index contributed by atoms with van der Waals surface area (Å²) in [5.74, 6) is -0.578. The van der Waals surface area contributed by atoms with E-state index in [1.165, 1.54) is 0 Å². The number of carboxylic acids is 1. The molecule has 0 saturated carbocycles. The number of likely N-dealkylation sites (tertiary alicyclic amines) is 1. The van der Waals surface area contributed by atoms with Crippen LogP contribution in [0.3, 0.4) is 0 Å². The van der Waals surface area contributed by atoms with E-state index in [-0.39, 0.29) is 18.9 Å². The first kappa shape index (κ1) is 18.0. The summed E-state index contributed by atoms with van der Waals surface area (Å²) in [6.45, 7) is 1.87. The molecule has 1 atom stereocenters. The van der Waals surface area contributed by atoms with E-state index in [4.69, 9.17) is 28.3 Å². The van der Waals surface area contributed by atoms with Gasteiger partial charge in [0.2, 0.25) is 5.91 Å². The molecule has 1 amide bonds. The number of amides is 1. The fourth-order valence-electron chi connectivity index (χ4n) is 2.84. The Labute approximate surface area is 145 Å². The predicted molar refractivity (Wildman–Crippen MR) is 91.1 cm³/mol. The lowest BCUT2D eigenvalue weighted by atomic mass is 9.93. The predicted octanol–water partition coefficient (Wildman–Crippen LogP) is 3.51. The van der Waals surface area contributed by atoms with Crippen LogP contribution in [0.2, 0.25) is 10.0 Å². The van der Waals surface area contributed by atoms with E-state index in [1.54, 1.807) is 18.2 Å². The third-order valence-corrected chi connectivity index (χ3v) is 4.50. The maximum absolute atomic E-state index is 12.2. The minimum atomic E-state index is -0.768. The molecule has 1 aliphatic heterocycles. The standard InChI is InChI=1S/C16H20Cl2N2O3/c17-12-4-5-13(18)14(8-12)19-15(21)10-20-7-1-2-11(9-20)3-6-16(22)23/h4-5,8,11H,1-3,6-7,9-10H2,(H,19,21)(H,22,23). The zero-order valence-corrected chi connectivity index (χ0v) is 14.2. The molecule has 0 aliphatic carbocycles. The van der Waals surface area contributed by atoms with Gasteiger partial charge in [-0.1, -0.05) is 23.2 Å². The van der Waals surface area contributed by atoms with Crippen LogP contribution >= 0.6 is 23.2 Å². The number of carboxylic acid groups (broad SMARTS) is 1. The number of halogens is 2. The average Bonchev–Trinajstić information content (AvgIpc) is 2.49. The van der Waals surface area contributed by atoms with E-state index in [1.807, 2.05) is 0 Å². The second-order valence-electron chi connectivity index (χ2n) is 5.85. The Kier molecular flexibility index (Phi) is 6.69. The molecule has 5 nitrogen and oxygen atoms in total. The number of anilines is 1. The van der Waals surface area contributed by atoms with Crippen LogP contribution < -0.4 is 5.32 Å². The van der Waals surface area contributed by atoms with Crippen LogP contribution in [0.1, 0.15) is 25.7 Å². The Balaban J connectivity index is 1.84. The van der Waals surface area contributed by atoms with Crippen LogP contribution in [0, 0.1) is 5.92 Å². The van der Waals surface area contributed by atoms with Gasteiger partial charge in [0, 0.05) is 18.0 Å². The summed E-state index contributed by atoms with van der Waals surface area (Å²) >= 11 is 11.9. The molecule has 126 valence electrons. The molecule has 1 aromatic carbocycles. The van der Waals surface area contributed by atoms with Crippen molar-refractivity contribution in [3.8, 4) is 0 Å². The normalized spacial score (nSPS) is 18.6. The lowest BCUT2D eigenvalue weighted by Gasteiger charge is -2.32. The van der Waals surface area contributed by atoms with E-state index in [0.717, 1.165) is 25.9 Å². The molecule has 23 heavy (non-hydrogen) atoms. The Morgan fingerprint density at radius 2 is 2.13 bits per heavy atom. The van der Waals surface area contributed by atoms with Crippen molar-refractivity contribution in [2.24, 2.45) is 5.92 Å². The first-order chi connectivity index (χ1) is 10.9. The van der Waals surface area contributed by atoms with Crippen LogP contribution in [0.5, 0.6) is 0 Å². The summed E-state index contributed by atoms with van der Waals surface area (Å²) in [7, 11) is 0. The Morgan fingerprint density at radius 1 is 1.35 bits per heavy atom. The number of rotatable bonds is 6. The smallest absolute Gasteiger partial charge is 0.303 e. The zero-order chi connectivity index (χ0) is 16.8. The molecule has 1 unspecified atom stereocenters. The van der Waals surface area contributed by atoms with Crippen LogP contribution in [0.25, 0.3) is 0 Å². The van der Waals surface area contributed by atoms with E-state index >= 15 is 0 Å². The number of aliphatic carboxylic acids is 1. The quantitative estimate of drug-likeness (QED) is 0.816. The average molecular weight is 359 g/mol. The highest BCUT2D eigenvalue weighted by atomic mass is 35.5. The number of carbonyl (C=O) groups excluding carboxylic acids is 1. The van der Waals surface area contributed by atoms with E-state index in [0.29, 0.717) is 28.1 Å². The molecular weight excluding hydrogens is 339 g/mol. The minimum Gasteiger partial charge on any atom is -0.481 e. The second kappa shape index (κ2) is 8.52. The molecule has 1 saturated heterocycles. The maximum atomic E-state index is 12.2. The topological polar surface area (TPSA) is 69.6 Å². The van der Waals surface area contributed by atoms with Gasteiger partial charge in [-0.3, -0.25) is 14.5 Å². The van der Waals surface area contributed by atoms with E-state index < -0.39 is 5.97 Å². The van der Waals surface area contributed by atoms with Crippen LogP contribution in [0.15, 0.2) is 18.2 Å². The summed E-state index contributed by atoms with van der Waals surface area (Å²) in [5, 5.41) is 12.5. The zero-order valence-electron chi connectivity index (χ0n) is 12.7. The molecule has 7 heteroatoms. The van der Waals surface area contributed by atoms with Crippen molar-refractivity contribution in [2.75, 3.05) is 25.0 Å². The van der Waals surface area contributed by atoms with Crippen molar-refractivity contribution in [3.05, 3.63) is 28.2 Å². The van der Waals surface area contributed by atoms with Crippen molar-refractivity contribution in [3.63, 3.8) is 0 Å². The van der Waals surface area contributed by atoms with Gasteiger partial charge < -0.3 is 10.4 Å². The first-order valence-corrected chi connectivity index (χ1v) is 8.38. The Hall–Kier alpha value is -1.30. The minimum absolute atomic E-state index is 0.145. The number of benzene rings is 1. The molecule has 2 N–H and O–H groups in total. The molecule has 1 aromatic rings. The SMILES string of the molecule is O=C(O)CCC1CCCN(CC(=O)Nc2cc(Cl)ccc2Cl)C1. The summed E-state index contributed by atoms with van der Waals surface area (Å²) in [4.78, 5) is 24.9. The summed E-state index contributed by atoms with van der Waals surface area (Å²) in [5.41, 5.74) is 0.503. The van der Waals surface area contributed by atoms with Crippen molar-refractivity contribution in [1.29, 1.82) is 0 Å². The molecule has 1 fully saturated rings. The van der Waals surface area contributed by atoms with Crippen molar-refractivity contribution < 1.29 is 14.7 Å². The largest absolute Gasteiger partial charge is 0.481 e. The number of nitrogens with zero attached hydrogens (tertiary/aromatic N) is 1. The molecule has 1 aliphatic rings. The molecule has 0 aromatic heterocycles. The molecule has 2 rings (SSSR count). The highest BCUT2D eigenvalue weighted by Crippen LogP contribution is 2.26. The lowest BCUT2D eigenvalue weighted by molar-refractivity contribution is -0.137. The van der Waals surface area contributed by atoms with E-state index in [2.05, 4.69) is 10.2 Å². The first-order valence-electron chi connectivity index (χ1n) is 7.63. The van der Waals surface area contributed by atoms with Gasteiger partial charge in [-0.05, 0) is 49.9 Å². The van der Waals surface area contributed by atoms with Crippen LogP contribution in [0.4, 0.5) is 5.69 Å². The van der Waals surface area contributed by atoms with Gasteiger partial charge in [0.1, 0.15) is 0 Å². The summed E-state index contributed by atoms with van der Waals surface area (Å²) in [6.07, 6.45) is 2.84. The fourth-order valence-corrected chi connectivity index (χ4v) is 3.18. The number of piperidine rings is 1. The highest BCUT2D eigenvalue weighted by molar-refractivity contribution is 6.35. The number of hydrogen-bond donors (Lipinski definition) is 2. The van der Waals surface area contributed by atoms with Crippen molar-refractivity contribution in [2.45, 2.75) is 25.7 Å². The molecule has 0 radical (unpaired) electrons. The molecule has 0 bridgehead atoms. The lowest BCUT2D eigenvalue weighted by Crippen LogP contribution is -2.40. The van der Waals surface area contributed by atoms with Crippen molar-refractivity contribution >= 4 is 40.8 Å². The van der Waals surface area contributed by atoms with E-state index in [9.17, 15) is 9.59 Å². The van der Waals surface area contributed by atoms with Crippen LogP contribution in [-0.2, 0) is 9.59 Å². The highest BCUT2D eigenvalue weighted by Gasteiger charge is 2.22. The van der Waals surface area contributed by atoms with Gasteiger partial charge in [0.15, 0.2) is 0 Å². The number of carbonyl (C=O) groups is 2. The van der Waals surface area contributed by atoms with Crippen LogP contribution in [-0.4, -0.2) is 41.5 Å². The number of hydrogen-bond acceptors (Lipinski definition) is 3. The monoisotopic (exact) mass is 358 g/mol. The van der Waals surface area contributed by atoms with Gasteiger partial charge in [-0.15, -0.1) is 0 Å². The fraction of sp³-hybridized carbons (Fsp3) is 0.500. The van der Waals surface area contributed by atoms with Gasteiger partial charge in [0.05, 0.1) is 17.3 Å². The Bertz CT molecular complexity index is 580. The second-order valence-corrected chi connectivity index (χ2v) is 6.69. The maximum Gasteiger partial charge on any atom is 0.303 e. The van der Waals surface area contributed by atoms with Crippen molar-refractivity contribution in [1.82, 2.24) is 4.90 Å². The van der Waals surface area contributed by atoms with Gasteiger partial charge in [0.25, 0.3) is 0 Å².